The number of methoxy groups -OCH3 is 1. The Hall–Kier alpha value is -2.34. The Balaban J connectivity index is 1.66. The Morgan fingerprint density at radius 1 is 1.38 bits per heavy atom. The molecule has 0 unspecified atom stereocenters. The van der Waals surface area contributed by atoms with Crippen LogP contribution in [0.25, 0.3) is 0 Å². The highest BCUT2D eigenvalue weighted by molar-refractivity contribution is 5.91. The van der Waals surface area contributed by atoms with Crippen LogP contribution in [0.1, 0.15) is 28.2 Å². The van der Waals surface area contributed by atoms with Crippen LogP contribution in [0.3, 0.4) is 0 Å². The first-order valence-electron chi connectivity index (χ1n) is 7.99. The monoisotopic (exact) mass is 330 g/mol. The third kappa shape index (κ3) is 3.28. The number of aryl methyl sites for hydroxylation is 2. The minimum absolute atomic E-state index is 0.162. The molecule has 1 amide bonds. The number of amides is 1. The fraction of sp³-hybridized carbons (Fsp3) is 0.444. The number of benzene rings is 1. The van der Waals surface area contributed by atoms with Crippen molar-refractivity contribution < 1.29 is 18.8 Å². The van der Waals surface area contributed by atoms with Gasteiger partial charge in [-0.3, -0.25) is 4.79 Å². The van der Waals surface area contributed by atoms with Crippen LogP contribution in [-0.4, -0.2) is 48.4 Å². The summed E-state index contributed by atoms with van der Waals surface area (Å²) in [6.07, 6.45) is 0.717. The molecular weight excluding hydrogens is 308 g/mol. The number of likely N-dealkylation sites (tertiary alicyclic amines) is 1. The lowest BCUT2D eigenvalue weighted by Gasteiger charge is -2.28. The van der Waals surface area contributed by atoms with Gasteiger partial charge in [0.25, 0.3) is 5.91 Å². The lowest BCUT2D eigenvalue weighted by Crippen LogP contribution is -2.42. The van der Waals surface area contributed by atoms with E-state index in [-0.39, 0.29) is 11.7 Å². The molecule has 0 radical (unpaired) electrons. The fourth-order valence-corrected chi connectivity index (χ4v) is 2.91. The molecule has 24 heavy (non-hydrogen) atoms. The summed E-state index contributed by atoms with van der Waals surface area (Å²) in [4.78, 5) is 14.2. The van der Waals surface area contributed by atoms with Gasteiger partial charge in [-0.25, -0.2) is 0 Å². The van der Waals surface area contributed by atoms with Gasteiger partial charge < -0.3 is 18.9 Å². The van der Waals surface area contributed by atoms with E-state index in [1.54, 1.807) is 25.0 Å². The quantitative estimate of drug-likeness (QED) is 0.843. The van der Waals surface area contributed by atoms with Crippen LogP contribution >= 0.6 is 0 Å². The van der Waals surface area contributed by atoms with Crippen molar-refractivity contribution in [3.63, 3.8) is 0 Å². The highest BCUT2D eigenvalue weighted by Crippen LogP contribution is 2.28. The van der Waals surface area contributed by atoms with E-state index >= 15 is 0 Å². The molecule has 1 aliphatic rings. The third-order valence-electron chi connectivity index (χ3n) is 4.46. The molecule has 1 aromatic heterocycles. The lowest BCUT2D eigenvalue weighted by atomic mass is 10.0. The molecule has 1 saturated heterocycles. The van der Waals surface area contributed by atoms with Crippen molar-refractivity contribution in [2.24, 2.45) is 0 Å². The fourth-order valence-electron chi connectivity index (χ4n) is 2.91. The minimum atomic E-state index is -0.507. The second kappa shape index (κ2) is 6.65. The molecule has 0 aliphatic carbocycles. The zero-order chi connectivity index (χ0) is 17.2. The summed E-state index contributed by atoms with van der Waals surface area (Å²) >= 11 is 0. The van der Waals surface area contributed by atoms with Gasteiger partial charge in [0.15, 0.2) is 0 Å². The normalized spacial score (nSPS) is 20.4. The first-order valence-corrected chi connectivity index (χ1v) is 7.99. The molecular formula is C18H22N2O4. The van der Waals surface area contributed by atoms with Gasteiger partial charge >= 0.3 is 0 Å². The molecule has 1 fully saturated rings. The number of aromatic nitrogens is 1. The molecule has 6 nitrogen and oxygen atoms in total. The number of para-hydroxylation sites is 1. The van der Waals surface area contributed by atoms with Crippen molar-refractivity contribution in [1.82, 2.24) is 10.1 Å². The Kier molecular flexibility index (Phi) is 4.57. The van der Waals surface area contributed by atoms with E-state index in [4.69, 9.17) is 14.0 Å². The predicted molar refractivity (Wildman–Crippen MR) is 88.2 cm³/mol. The van der Waals surface area contributed by atoms with E-state index in [0.29, 0.717) is 31.8 Å². The highest BCUT2D eigenvalue weighted by Gasteiger charge is 2.42. The van der Waals surface area contributed by atoms with Crippen LogP contribution in [0.2, 0.25) is 0 Å². The van der Waals surface area contributed by atoms with Crippen LogP contribution in [0, 0.1) is 13.8 Å². The van der Waals surface area contributed by atoms with Gasteiger partial charge in [-0.1, -0.05) is 23.4 Å². The molecule has 2 aromatic rings. The van der Waals surface area contributed by atoms with Gasteiger partial charge in [0.2, 0.25) is 5.76 Å². The smallest absolute Gasteiger partial charge is 0.292 e. The van der Waals surface area contributed by atoms with Gasteiger partial charge in [0.1, 0.15) is 18.0 Å². The second-order valence-corrected chi connectivity index (χ2v) is 6.25. The maximum atomic E-state index is 12.5. The summed E-state index contributed by atoms with van der Waals surface area (Å²) in [5.41, 5.74) is 1.26. The Morgan fingerprint density at radius 3 is 2.83 bits per heavy atom. The summed E-state index contributed by atoms with van der Waals surface area (Å²) in [6, 6.07) is 9.51. The maximum Gasteiger partial charge on any atom is 0.292 e. The van der Waals surface area contributed by atoms with Gasteiger partial charge in [-0.2, -0.15) is 0 Å². The number of ether oxygens (including phenoxy) is 2. The van der Waals surface area contributed by atoms with E-state index in [0.717, 1.165) is 11.3 Å². The lowest BCUT2D eigenvalue weighted by molar-refractivity contribution is -0.0345. The molecule has 1 aromatic carbocycles. The number of carbonyl (C=O) groups excluding carboxylic acids is 1. The van der Waals surface area contributed by atoms with Crippen molar-refractivity contribution in [2.45, 2.75) is 25.9 Å². The van der Waals surface area contributed by atoms with Crippen molar-refractivity contribution in [2.75, 3.05) is 26.8 Å². The minimum Gasteiger partial charge on any atom is -0.490 e. The maximum absolute atomic E-state index is 12.5. The van der Waals surface area contributed by atoms with Gasteiger partial charge in [-0.05, 0) is 31.9 Å². The van der Waals surface area contributed by atoms with Gasteiger partial charge in [-0.15, -0.1) is 0 Å². The van der Waals surface area contributed by atoms with E-state index in [1.807, 2.05) is 31.2 Å². The van der Waals surface area contributed by atoms with Gasteiger partial charge in [0.05, 0.1) is 12.2 Å². The molecule has 0 N–H and O–H groups in total. The third-order valence-corrected chi connectivity index (χ3v) is 4.46. The van der Waals surface area contributed by atoms with E-state index in [1.165, 1.54) is 0 Å². The van der Waals surface area contributed by atoms with E-state index < -0.39 is 5.60 Å². The van der Waals surface area contributed by atoms with E-state index in [9.17, 15) is 4.79 Å². The average molecular weight is 330 g/mol. The number of hydrogen-bond acceptors (Lipinski definition) is 5. The Morgan fingerprint density at radius 2 is 2.17 bits per heavy atom. The summed E-state index contributed by atoms with van der Waals surface area (Å²) in [6.45, 7) is 5.26. The molecule has 128 valence electrons. The summed E-state index contributed by atoms with van der Waals surface area (Å²) < 4.78 is 16.7. The van der Waals surface area contributed by atoms with Crippen LogP contribution in [-0.2, 0) is 4.74 Å². The Bertz CT molecular complexity index is 727. The zero-order valence-corrected chi connectivity index (χ0v) is 14.2. The van der Waals surface area contributed by atoms with Crippen molar-refractivity contribution in [3.8, 4) is 5.75 Å². The number of rotatable bonds is 5. The molecule has 1 aliphatic heterocycles. The second-order valence-electron chi connectivity index (χ2n) is 6.25. The number of nitrogens with zero attached hydrogens (tertiary/aromatic N) is 2. The highest BCUT2D eigenvalue weighted by atomic mass is 16.5. The van der Waals surface area contributed by atoms with E-state index in [2.05, 4.69) is 5.16 Å². The van der Waals surface area contributed by atoms with Crippen LogP contribution < -0.4 is 4.74 Å². The SMILES string of the molecule is CO[C@@]1(COc2ccccc2C)CCN(C(=O)c2cc(C)no2)C1. The summed E-state index contributed by atoms with van der Waals surface area (Å²) in [5, 5.41) is 3.77. The van der Waals surface area contributed by atoms with Crippen LogP contribution in [0.4, 0.5) is 0 Å². The van der Waals surface area contributed by atoms with Crippen LogP contribution in [0.5, 0.6) is 5.75 Å². The summed E-state index contributed by atoms with van der Waals surface area (Å²) in [7, 11) is 1.66. The first-order chi connectivity index (χ1) is 11.5. The molecule has 1 atom stereocenters. The first kappa shape index (κ1) is 16.5. The molecule has 0 spiro atoms. The van der Waals surface area contributed by atoms with Crippen molar-refractivity contribution >= 4 is 5.91 Å². The standard InChI is InChI=1S/C18H22N2O4/c1-13-6-4-5-7-15(13)23-12-18(22-3)8-9-20(11-18)17(21)16-10-14(2)19-24-16/h4-7,10H,8-9,11-12H2,1-3H3/t18-/m0/s1. The topological polar surface area (TPSA) is 64.8 Å². The molecule has 0 saturated carbocycles. The average Bonchev–Trinajstić information content (AvgIpc) is 3.21. The molecule has 0 bridgehead atoms. The Labute approximate surface area is 141 Å². The van der Waals surface area contributed by atoms with Crippen LogP contribution in [0.15, 0.2) is 34.9 Å². The summed E-state index contributed by atoms with van der Waals surface area (Å²) in [5.74, 6) is 0.939. The van der Waals surface area contributed by atoms with Crippen molar-refractivity contribution in [1.29, 1.82) is 0 Å². The molecule has 2 heterocycles. The largest absolute Gasteiger partial charge is 0.490 e. The van der Waals surface area contributed by atoms with Crippen molar-refractivity contribution in [3.05, 3.63) is 47.3 Å². The predicted octanol–water partition coefficient (Wildman–Crippen LogP) is 2.60. The number of carbonyl (C=O) groups is 1. The number of hydrogen-bond donors (Lipinski definition) is 0. The molecule has 6 heteroatoms. The zero-order valence-electron chi connectivity index (χ0n) is 14.2. The van der Waals surface area contributed by atoms with Gasteiger partial charge in [0, 0.05) is 19.7 Å². The molecule has 3 rings (SSSR count).